The van der Waals surface area contributed by atoms with Gasteiger partial charge in [0, 0.05) is 18.4 Å². The Balaban J connectivity index is 2.47. The lowest BCUT2D eigenvalue weighted by Gasteiger charge is -2.27. The Morgan fingerprint density at radius 2 is 2.21 bits per heavy atom. The fraction of sp³-hybridized carbons (Fsp3) is 0.545. The quantitative estimate of drug-likeness (QED) is 0.743. The van der Waals surface area contributed by atoms with Gasteiger partial charge in [0.25, 0.3) is 0 Å². The van der Waals surface area contributed by atoms with Crippen molar-refractivity contribution in [1.82, 2.24) is 0 Å². The van der Waals surface area contributed by atoms with Crippen molar-refractivity contribution in [3.05, 3.63) is 23.2 Å². The standard InChI is InChI=1S/C11H14O3/c1-11(2)3-8(13)10-7(5-12)6-14-9(10)4-11/h6,12H,3-5H2,1-2H3. The van der Waals surface area contributed by atoms with Gasteiger partial charge in [-0.2, -0.15) is 0 Å². The fourth-order valence-corrected chi connectivity index (χ4v) is 2.04. The predicted octanol–water partition coefficient (Wildman–Crippen LogP) is 1.93. The van der Waals surface area contributed by atoms with E-state index in [1.807, 2.05) is 0 Å². The van der Waals surface area contributed by atoms with Gasteiger partial charge in [-0.15, -0.1) is 0 Å². The summed E-state index contributed by atoms with van der Waals surface area (Å²) in [5.74, 6) is 0.823. The number of ketones is 1. The summed E-state index contributed by atoms with van der Waals surface area (Å²) in [5, 5.41) is 9.02. The zero-order chi connectivity index (χ0) is 10.3. The van der Waals surface area contributed by atoms with Crippen LogP contribution in [0.2, 0.25) is 0 Å². The third-order valence-electron chi connectivity index (χ3n) is 2.67. The minimum Gasteiger partial charge on any atom is -0.468 e. The number of rotatable bonds is 1. The second kappa shape index (κ2) is 2.95. The average Bonchev–Trinajstić information content (AvgIpc) is 2.44. The SMILES string of the molecule is CC1(C)CC(=O)c2c(CO)coc2C1. The normalized spacial score (nSPS) is 19.5. The van der Waals surface area contributed by atoms with E-state index in [2.05, 4.69) is 13.8 Å². The van der Waals surface area contributed by atoms with Crippen LogP contribution < -0.4 is 0 Å². The summed E-state index contributed by atoms with van der Waals surface area (Å²) in [6, 6.07) is 0. The van der Waals surface area contributed by atoms with Crippen molar-refractivity contribution in [3.63, 3.8) is 0 Å². The number of furan rings is 1. The Hall–Kier alpha value is -1.09. The molecule has 14 heavy (non-hydrogen) atoms. The van der Waals surface area contributed by atoms with Crippen LogP contribution in [-0.4, -0.2) is 10.9 Å². The Morgan fingerprint density at radius 1 is 1.50 bits per heavy atom. The van der Waals surface area contributed by atoms with Gasteiger partial charge in [0.15, 0.2) is 5.78 Å². The van der Waals surface area contributed by atoms with Crippen LogP contribution in [-0.2, 0) is 13.0 Å². The van der Waals surface area contributed by atoms with Crippen molar-refractivity contribution in [1.29, 1.82) is 0 Å². The maximum atomic E-state index is 11.8. The maximum Gasteiger partial charge on any atom is 0.167 e. The van der Waals surface area contributed by atoms with Crippen molar-refractivity contribution >= 4 is 5.78 Å². The lowest BCUT2D eigenvalue weighted by Crippen LogP contribution is -2.26. The van der Waals surface area contributed by atoms with E-state index in [1.165, 1.54) is 6.26 Å². The van der Waals surface area contributed by atoms with Crippen molar-refractivity contribution in [2.45, 2.75) is 33.3 Å². The number of carbonyl (C=O) groups excluding carboxylic acids is 1. The van der Waals surface area contributed by atoms with Crippen molar-refractivity contribution in [3.8, 4) is 0 Å². The molecule has 1 heterocycles. The Morgan fingerprint density at radius 3 is 2.86 bits per heavy atom. The highest BCUT2D eigenvalue weighted by Gasteiger charge is 2.34. The van der Waals surface area contributed by atoms with E-state index in [0.717, 1.165) is 12.2 Å². The summed E-state index contributed by atoms with van der Waals surface area (Å²) < 4.78 is 5.30. The van der Waals surface area contributed by atoms with E-state index >= 15 is 0 Å². The van der Waals surface area contributed by atoms with Crippen LogP contribution in [0.4, 0.5) is 0 Å². The number of hydrogen-bond donors (Lipinski definition) is 1. The molecule has 0 amide bonds. The van der Waals surface area contributed by atoms with Crippen LogP contribution in [0, 0.1) is 5.41 Å². The van der Waals surface area contributed by atoms with Gasteiger partial charge in [-0.3, -0.25) is 4.79 Å². The highest BCUT2D eigenvalue weighted by atomic mass is 16.3. The Bertz CT molecular complexity index is 374. The molecule has 2 rings (SSSR count). The molecule has 0 unspecified atom stereocenters. The summed E-state index contributed by atoms with van der Waals surface area (Å²) in [6.45, 7) is 3.98. The predicted molar refractivity (Wildman–Crippen MR) is 51.1 cm³/mol. The number of aliphatic hydroxyl groups excluding tert-OH is 1. The molecule has 1 aromatic heterocycles. The number of Topliss-reactive ketones (excluding diaryl/α,β-unsaturated/α-hetero) is 1. The molecule has 0 bridgehead atoms. The Kier molecular flexibility index (Phi) is 2.00. The highest BCUT2D eigenvalue weighted by Crippen LogP contribution is 2.36. The zero-order valence-electron chi connectivity index (χ0n) is 8.46. The summed E-state index contributed by atoms with van der Waals surface area (Å²) in [5.41, 5.74) is 1.22. The second-order valence-corrected chi connectivity index (χ2v) is 4.66. The summed E-state index contributed by atoms with van der Waals surface area (Å²) in [7, 11) is 0. The first kappa shape index (κ1) is 9.46. The number of aliphatic hydroxyl groups is 1. The van der Waals surface area contributed by atoms with Crippen molar-refractivity contribution < 1.29 is 14.3 Å². The van der Waals surface area contributed by atoms with Gasteiger partial charge < -0.3 is 9.52 Å². The first-order valence-corrected chi connectivity index (χ1v) is 4.77. The molecule has 0 aliphatic heterocycles. The third kappa shape index (κ3) is 1.38. The second-order valence-electron chi connectivity index (χ2n) is 4.66. The number of hydrogen-bond acceptors (Lipinski definition) is 3. The van der Waals surface area contributed by atoms with Crippen molar-refractivity contribution in [2.24, 2.45) is 5.41 Å². The largest absolute Gasteiger partial charge is 0.468 e. The molecule has 3 heteroatoms. The average molecular weight is 194 g/mol. The Labute approximate surface area is 82.7 Å². The number of carbonyl (C=O) groups is 1. The zero-order valence-corrected chi connectivity index (χ0v) is 8.46. The van der Waals surface area contributed by atoms with Crippen LogP contribution in [0.1, 0.15) is 41.9 Å². The lowest BCUT2D eigenvalue weighted by atomic mass is 9.76. The molecular formula is C11H14O3. The molecule has 1 aliphatic carbocycles. The minimum atomic E-state index is -0.120. The molecule has 1 aliphatic rings. The van der Waals surface area contributed by atoms with Gasteiger partial charge in [-0.25, -0.2) is 0 Å². The molecular weight excluding hydrogens is 180 g/mol. The van der Waals surface area contributed by atoms with Gasteiger partial charge in [0.2, 0.25) is 0 Å². The van der Waals surface area contributed by atoms with E-state index in [9.17, 15) is 4.79 Å². The van der Waals surface area contributed by atoms with Gasteiger partial charge in [-0.05, 0) is 5.41 Å². The summed E-state index contributed by atoms with van der Waals surface area (Å²) >= 11 is 0. The van der Waals surface area contributed by atoms with Gasteiger partial charge in [-0.1, -0.05) is 13.8 Å². The molecule has 0 atom stereocenters. The molecule has 0 saturated carbocycles. The maximum absolute atomic E-state index is 11.8. The molecule has 0 fully saturated rings. The molecule has 0 aromatic carbocycles. The van der Waals surface area contributed by atoms with E-state index in [0.29, 0.717) is 17.5 Å². The smallest absolute Gasteiger partial charge is 0.167 e. The van der Waals surface area contributed by atoms with Gasteiger partial charge >= 0.3 is 0 Å². The van der Waals surface area contributed by atoms with Gasteiger partial charge in [0.1, 0.15) is 5.76 Å². The van der Waals surface area contributed by atoms with E-state index in [1.54, 1.807) is 0 Å². The number of fused-ring (bicyclic) bond motifs is 1. The molecule has 3 nitrogen and oxygen atoms in total. The van der Waals surface area contributed by atoms with Crippen LogP contribution in [0.3, 0.4) is 0 Å². The van der Waals surface area contributed by atoms with E-state index in [4.69, 9.17) is 9.52 Å². The van der Waals surface area contributed by atoms with Crippen LogP contribution in [0.15, 0.2) is 10.7 Å². The minimum absolute atomic E-state index is 0.0192. The molecule has 1 N–H and O–H groups in total. The molecule has 0 spiro atoms. The van der Waals surface area contributed by atoms with Crippen LogP contribution in [0.5, 0.6) is 0 Å². The van der Waals surface area contributed by atoms with E-state index in [-0.39, 0.29) is 17.8 Å². The van der Waals surface area contributed by atoms with Crippen molar-refractivity contribution in [2.75, 3.05) is 0 Å². The van der Waals surface area contributed by atoms with Crippen LogP contribution >= 0.6 is 0 Å². The van der Waals surface area contributed by atoms with Gasteiger partial charge in [0.05, 0.1) is 18.4 Å². The third-order valence-corrected chi connectivity index (χ3v) is 2.67. The molecule has 76 valence electrons. The first-order chi connectivity index (χ1) is 6.53. The lowest BCUT2D eigenvalue weighted by molar-refractivity contribution is 0.0901. The molecule has 0 saturated heterocycles. The summed E-state index contributed by atoms with van der Waals surface area (Å²) in [4.78, 5) is 11.8. The molecule has 0 radical (unpaired) electrons. The molecule has 1 aromatic rings. The monoisotopic (exact) mass is 194 g/mol. The topological polar surface area (TPSA) is 50.4 Å². The fourth-order valence-electron chi connectivity index (χ4n) is 2.04. The summed E-state index contributed by atoms with van der Waals surface area (Å²) in [6.07, 6.45) is 2.80. The highest BCUT2D eigenvalue weighted by molar-refractivity contribution is 5.99. The first-order valence-electron chi connectivity index (χ1n) is 4.77. The van der Waals surface area contributed by atoms with Crippen LogP contribution in [0.25, 0.3) is 0 Å². The van der Waals surface area contributed by atoms with E-state index < -0.39 is 0 Å².